The van der Waals surface area contributed by atoms with Gasteiger partial charge in [-0.1, -0.05) is 87.8 Å². The molecule has 0 fully saturated rings. The predicted molar refractivity (Wildman–Crippen MR) is 133 cm³/mol. The maximum atomic E-state index is 6.43. The van der Waals surface area contributed by atoms with E-state index in [1.165, 1.54) is 0 Å². The Morgan fingerprint density at radius 1 is 0.677 bits per heavy atom. The average molecular weight is 531 g/mol. The average Bonchev–Trinajstić information content (AvgIpc) is 3.04. The Morgan fingerprint density at radius 3 is 1.90 bits per heavy atom. The highest BCUT2D eigenvalue weighted by atomic mass is 35.5. The molecule has 0 unspecified atom stereocenters. The summed E-state index contributed by atoms with van der Waals surface area (Å²) in [7, 11) is 0. The molecule has 0 N–H and O–H groups in total. The van der Waals surface area contributed by atoms with E-state index in [0.29, 0.717) is 36.7 Å². The van der Waals surface area contributed by atoms with Crippen molar-refractivity contribution >= 4 is 69.6 Å². The third-order valence-electron chi connectivity index (χ3n) is 4.91. The van der Waals surface area contributed by atoms with Crippen LogP contribution in [0.15, 0.2) is 54.6 Å². The molecule has 0 spiro atoms. The van der Waals surface area contributed by atoms with E-state index in [-0.39, 0.29) is 0 Å². The summed E-state index contributed by atoms with van der Waals surface area (Å²) < 4.78 is 1.89. The summed E-state index contributed by atoms with van der Waals surface area (Å²) in [5, 5.41) is 7.93. The number of nitrogens with zero attached hydrogens (tertiary/aromatic N) is 2. The first-order chi connectivity index (χ1) is 14.7. The summed E-state index contributed by atoms with van der Waals surface area (Å²) in [6.45, 7) is 2.44. The molecule has 0 atom stereocenters. The van der Waals surface area contributed by atoms with Crippen molar-refractivity contribution in [1.29, 1.82) is 0 Å². The fraction of sp³-hybridized carbons (Fsp3) is 0.0870. The number of benzene rings is 3. The molecular formula is C23H14Cl6N2. The van der Waals surface area contributed by atoms with E-state index in [4.69, 9.17) is 74.7 Å². The molecule has 8 heteroatoms. The molecule has 4 aromatic rings. The Bertz CT molecular complexity index is 1300. The Morgan fingerprint density at radius 2 is 1.29 bits per heavy atom. The molecule has 0 saturated heterocycles. The summed E-state index contributed by atoms with van der Waals surface area (Å²) in [5.41, 5.74) is 5.26. The molecular weight excluding hydrogens is 517 g/mol. The minimum Gasteiger partial charge on any atom is -0.259 e. The fourth-order valence-corrected chi connectivity index (χ4v) is 4.47. The van der Waals surface area contributed by atoms with Crippen molar-refractivity contribution < 1.29 is 0 Å². The third-order valence-corrected chi connectivity index (χ3v) is 6.98. The molecule has 0 aliphatic rings. The van der Waals surface area contributed by atoms with Gasteiger partial charge in [-0.3, -0.25) is 4.68 Å². The van der Waals surface area contributed by atoms with E-state index in [1.54, 1.807) is 30.3 Å². The second kappa shape index (κ2) is 9.23. The van der Waals surface area contributed by atoms with Crippen LogP contribution in [0.1, 0.15) is 11.1 Å². The molecule has 2 nitrogen and oxygen atoms in total. The lowest BCUT2D eigenvalue weighted by atomic mass is 10.0. The SMILES string of the molecule is Cc1c(-c2ccc(Cl)c(Cl)c2)nn(Cc2ccc(Cl)cc2Cl)c1-c1ccc(Cl)c(Cl)c1. The maximum Gasteiger partial charge on any atom is 0.0959 e. The quantitative estimate of drug-likeness (QED) is 0.257. The molecule has 0 aliphatic carbocycles. The third kappa shape index (κ3) is 4.71. The Labute approximate surface area is 210 Å². The molecule has 1 aromatic heterocycles. The van der Waals surface area contributed by atoms with E-state index >= 15 is 0 Å². The molecule has 0 amide bonds. The predicted octanol–water partition coefficient (Wildman–Crippen LogP) is 9.49. The van der Waals surface area contributed by atoms with E-state index in [2.05, 4.69) is 0 Å². The largest absolute Gasteiger partial charge is 0.259 e. The van der Waals surface area contributed by atoms with Gasteiger partial charge in [-0.2, -0.15) is 5.10 Å². The highest BCUT2D eigenvalue weighted by Crippen LogP contribution is 2.37. The van der Waals surface area contributed by atoms with Crippen molar-refractivity contribution in [2.75, 3.05) is 0 Å². The van der Waals surface area contributed by atoms with Crippen molar-refractivity contribution in [3.8, 4) is 22.5 Å². The highest BCUT2D eigenvalue weighted by Gasteiger charge is 2.20. The molecule has 4 rings (SSSR count). The zero-order valence-corrected chi connectivity index (χ0v) is 20.6. The van der Waals surface area contributed by atoms with Crippen molar-refractivity contribution in [2.24, 2.45) is 0 Å². The Hall–Kier alpha value is -1.39. The van der Waals surface area contributed by atoms with Crippen molar-refractivity contribution in [3.05, 3.63) is 95.9 Å². The molecule has 1 heterocycles. The second-order valence-corrected chi connectivity index (χ2v) is 9.45. The monoisotopic (exact) mass is 528 g/mol. The van der Waals surface area contributed by atoms with Crippen molar-refractivity contribution in [2.45, 2.75) is 13.5 Å². The molecule has 31 heavy (non-hydrogen) atoms. The molecule has 0 aliphatic heterocycles. The Kier molecular flexibility index (Phi) is 6.79. The summed E-state index contributed by atoms with van der Waals surface area (Å²) in [6.07, 6.45) is 0. The van der Waals surface area contributed by atoms with Crippen LogP contribution in [-0.4, -0.2) is 9.78 Å². The van der Waals surface area contributed by atoms with Gasteiger partial charge >= 0.3 is 0 Å². The normalized spacial score (nSPS) is 11.2. The lowest BCUT2D eigenvalue weighted by Crippen LogP contribution is -2.05. The molecule has 3 aromatic carbocycles. The van der Waals surface area contributed by atoms with Crippen LogP contribution in [-0.2, 0) is 6.54 Å². The summed E-state index contributed by atoms with van der Waals surface area (Å²) >= 11 is 37.3. The number of hydrogen-bond donors (Lipinski definition) is 0. The van der Waals surface area contributed by atoms with E-state index < -0.39 is 0 Å². The second-order valence-electron chi connectivity index (χ2n) is 6.97. The lowest BCUT2D eigenvalue weighted by Gasteiger charge is -2.11. The van der Waals surface area contributed by atoms with Crippen LogP contribution >= 0.6 is 69.6 Å². The van der Waals surface area contributed by atoms with Gasteiger partial charge in [0.1, 0.15) is 0 Å². The summed E-state index contributed by atoms with van der Waals surface area (Å²) in [5.74, 6) is 0. The minimum absolute atomic E-state index is 0.438. The van der Waals surface area contributed by atoms with Crippen molar-refractivity contribution in [3.63, 3.8) is 0 Å². The van der Waals surface area contributed by atoms with Gasteiger partial charge in [0.2, 0.25) is 0 Å². The fourth-order valence-electron chi connectivity index (χ4n) is 3.40. The first kappa shape index (κ1) is 22.8. The van der Waals surface area contributed by atoms with Gasteiger partial charge in [-0.05, 0) is 48.9 Å². The van der Waals surface area contributed by atoms with Gasteiger partial charge in [-0.25, -0.2) is 0 Å². The molecule has 0 saturated carbocycles. The van der Waals surface area contributed by atoms with Gasteiger partial charge in [0, 0.05) is 26.7 Å². The van der Waals surface area contributed by atoms with Crippen LogP contribution < -0.4 is 0 Å². The first-order valence-corrected chi connectivity index (χ1v) is 11.4. The van der Waals surface area contributed by atoms with Gasteiger partial charge in [0.15, 0.2) is 0 Å². The van der Waals surface area contributed by atoms with E-state index in [1.807, 2.05) is 35.9 Å². The molecule has 0 bridgehead atoms. The van der Waals surface area contributed by atoms with Crippen molar-refractivity contribution in [1.82, 2.24) is 9.78 Å². The zero-order chi connectivity index (χ0) is 22.3. The van der Waals surface area contributed by atoms with Crippen LogP contribution in [0.25, 0.3) is 22.5 Å². The number of halogens is 6. The standard InChI is InChI=1S/C23H14Cl6N2/c1-12-22(13-3-6-17(25)20(28)8-13)30-31(11-15-2-5-16(24)10-19(15)27)23(12)14-4-7-18(26)21(29)9-14/h2-10H,11H2,1H3. The van der Waals surface area contributed by atoms with Crippen LogP contribution in [0.3, 0.4) is 0 Å². The zero-order valence-electron chi connectivity index (χ0n) is 16.1. The van der Waals surface area contributed by atoms with E-state index in [0.717, 1.165) is 33.6 Å². The van der Waals surface area contributed by atoms with Gasteiger partial charge < -0.3 is 0 Å². The van der Waals surface area contributed by atoms with Gasteiger partial charge in [-0.15, -0.1) is 0 Å². The number of rotatable bonds is 4. The summed E-state index contributed by atoms with van der Waals surface area (Å²) in [4.78, 5) is 0. The Balaban J connectivity index is 1.90. The topological polar surface area (TPSA) is 17.8 Å². The van der Waals surface area contributed by atoms with Crippen LogP contribution in [0.4, 0.5) is 0 Å². The van der Waals surface area contributed by atoms with Gasteiger partial charge in [0.25, 0.3) is 0 Å². The number of hydrogen-bond acceptors (Lipinski definition) is 1. The van der Waals surface area contributed by atoms with Crippen LogP contribution in [0, 0.1) is 6.92 Å². The van der Waals surface area contributed by atoms with Crippen LogP contribution in [0.2, 0.25) is 30.1 Å². The van der Waals surface area contributed by atoms with E-state index in [9.17, 15) is 0 Å². The summed E-state index contributed by atoms with van der Waals surface area (Å²) in [6, 6.07) is 16.4. The first-order valence-electron chi connectivity index (χ1n) is 9.16. The molecule has 158 valence electrons. The smallest absolute Gasteiger partial charge is 0.0959 e. The van der Waals surface area contributed by atoms with Crippen LogP contribution in [0.5, 0.6) is 0 Å². The highest BCUT2D eigenvalue weighted by molar-refractivity contribution is 6.42. The number of aromatic nitrogens is 2. The minimum atomic E-state index is 0.438. The molecule has 0 radical (unpaired) electrons. The lowest BCUT2D eigenvalue weighted by molar-refractivity contribution is 0.697. The van der Waals surface area contributed by atoms with Gasteiger partial charge in [0.05, 0.1) is 38.0 Å². The maximum absolute atomic E-state index is 6.43.